The zero-order valence-electron chi connectivity index (χ0n) is 16.2. The normalized spacial score (nSPS) is 26.8. The van der Waals surface area contributed by atoms with Crippen LogP contribution in [0.15, 0.2) is 24.3 Å². The van der Waals surface area contributed by atoms with Crippen LogP contribution in [0.25, 0.3) is 0 Å². The molecule has 2 heterocycles. The van der Waals surface area contributed by atoms with Gasteiger partial charge in [-0.25, -0.2) is 0 Å². The number of fused-ring (bicyclic) bond motifs is 1. The van der Waals surface area contributed by atoms with Crippen molar-refractivity contribution >= 4 is 29.2 Å². The van der Waals surface area contributed by atoms with Crippen LogP contribution < -0.4 is 10.2 Å². The highest BCUT2D eigenvalue weighted by molar-refractivity contribution is 6.15. The Balaban J connectivity index is 1.62. The average molecular weight is 385 g/mol. The lowest BCUT2D eigenvalue weighted by Crippen LogP contribution is -2.62. The number of likely N-dealkylation sites (tertiary alicyclic amines) is 1. The Morgan fingerprint density at radius 2 is 1.93 bits per heavy atom. The van der Waals surface area contributed by atoms with Crippen molar-refractivity contribution in [2.45, 2.75) is 44.6 Å². The third-order valence-corrected chi connectivity index (χ3v) is 6.37. The van der Waals surface area contributed by atoms with Gasteiger partial charge in [0, 0.05) is 13.1 Å². The molecule has 2 N–H and O–H groups in total. The summed E-state index contributed by atoms with van der Waals surface area (Å²) in [6.07, 6.45) is 3.79. The molecule has 7 heteroatoms. The van der Waals surface area contributed by atoms with Gasteiger partial charge in [0.05, 0.1) is 23.8 Å². The first-order valence-corrected chi connectivity index (χ1v) is 10.1. The van der Waals surface area contributed by atoms with Crippen LogP contribution in [0.4, 0.5) is 11.4 Å². The quantitative estimate of drug-likeness (QED) is 0.833. The molecule has 0 radical (unpaired) electrons. The van der Waals surface area contributed by atoms with E-state index in [0.717, 1.165) is 18.5 Å². The topological polar surface area (TPSA) is 89.9 Å². The molecule has 2 amide bonds. The molecule has 0 bridgehead atoms. The van der Waals surface area contributed by atoms with Gasteiger partial charge in [0.1, 0.15) is 5.54 Å². The summed E-state index contributed by atoms with van der Waals surface area (Å²) in [4.78, 5) is 41.6. The molecule has 3 aliphatic rings. The van der Waals surface area contributed by atoms with Gasteiger partial charge in [0.25, 0.3) is 5.91 Å². The lowest BCUT2D eigenvalue weighted by atomic mass is 9.89. The number of carboxylic acid groups (broad SMARTS) is 1. The summed E-state index contributed by atoms with van der Waals surface area (Å²) in [6.45, 7) is 3.23. The van der Waals surface area contributed by atoms with E-state index in [1.165, 1.54) is 0 Å². The maximum Gasteiger partial charge on any atom is 0.307 e. The first-order chi connectivity index (χ1) is 13.4. The smallest absolute Gasteiger partial charge is 0.307 e. The number of piperidine rings is 1. The molecular formula is C21H27N3O4. The van der Waals surface area contributed by atoms with Gasteiger partial charge in [-0.05, 0) is 37.3 Å². The molecule has 2 aliphatic heterocycles. The van der Waals surface area contributed by atoms with Gasteiger partial charge in [-0.15, -0.1) is 0 Å². The second-order valence-corrected chi connectivity index (χ2v) is 8.51. The van der Waals surface area contributed by atoms with Gasteiger partial charge in [0.2, 0.25) is 5.91 Å². The lowest BCUT2D eigenvalue weighted by Gasteiger charge is -2.45. The molecular weight excluding hydrogens is 358 g/mol. The Morgan fingerprint density at radius 1 is 1.21 bits per heavy atom. The van der Waals surface area contributed by atoms with Crippen molar-refractivity contribution in [3.63, 3.8) is 0 Å². The molecule has 2 fully saturated rings. The van der Waals surface area contributed by atoms with Gasteiger partial charge >= 0.3 is 5.97 Å². The first-order valence-electron chi connectivity index (χ1n) is 10.1. The van der Waals surface area contributed by atoms with Crippen molar-refractivity contribution in [2.24, 2.45) is 11.8 Å². The summed E-state index contributed by atoms with van der Waals surface area (Å²) >= 11 is 0. The van der Waals surface area contributed by atoms with Crippen molar-refractivity contribution in [3.8, 4) is 0 Å². The number of para-hydroxylation sites is 2. The standard InChI is InChI=1S/C21H27N3O4/c1-14-10-15(19(26)27)12-23(11-14)13-18(25)24-17-7-3-2-6-16(17)22-20(28)21(24)8-4-5-9-21/h2-3,6-7,14-15H,4-5,8-13H2,1H3,(H,22,28)(H,26,27). The zero-order valence-corrected chi connectivity index (χ0v) is 16.2. The summed E-state index contributed by atoms with van der Waals surface area (Å²) in [5.41, 5.74) is 0.585. The number of amides is 2. The highest BCUT2D eigenvalue weighted by atomic mass is 16.4. The Hall–Kier alpha value is -2.41. The van der Waals surface area contributed by atoms with Crippen molar-refractivity contribution in [1.29, 1.82) is 0 Å². The van der Waals surface area contributed by atoms with E-state index in [2.05, 4.69) is 5.32 Å². The minimum Gasteiger partial charge on any atom is -0.481 e. The number of rotatable bonds is 3. The molecule has 28 heavy (non-hydrogen) atoms. The first kappa shape index (κ1) is 18.9. The van der Waals surface area contributed by atoms with E-state index in [-0.39, 0.29) is 24.3 Å². The van der Waals surface area contributed by atoms with Crippen LogP contribution in [0.3, 0.4) is 0 Å². The van der Waals surface area contributed by atoms with Crippen LogP contribution in [-0.4, -0.2) is 53.0 Å². The molecule has 1 spiro atoms. The van der Waals surface area contributed by atoms with Gasteiger partial charge in [-0.3, -0.25) is 24.2 Å². The van der Waals surface area contributed by atoms with Gasteiger partial charge < -0.3 is 10.4 Å². The number of carbonyl (C=O) groups is 3. The predicted octanol–water partition coefficient (Wildman–Crippen LogP) is 2.33. The summed E-state index contributed by atoms with van der Waals surface area (Å²) < 4.78 is 0. The van der Waals surface area contributed by atoms with E-state index in [9.17, 15) is 19.5 Å². The highest BCUT2D eigenvalue weighted by Gasteiger charge is 2.52. The lowest BCUT2D eigenvalue weighted by molar-refractivity contribution is -0.145. The number of anilines is 2. The number of carboxylic acids is 1. The number of hydrogen-bond donors (Lipinski definition) is 2. The molecule has 1 aromatic rings. The maximum absolute atomic E-state index is 13.5. The van der Waals surface area contributed by atoms with Gasteiger partial charge in [-0.1, -0.05) is 31.9 Å². The molecule has 1 aliphatic carbocycles. The van der Waals surface area contributed by atoms with E-state index in [1.807, 2.05) is 36.1 Å². The molecule has 2 unspecified atom stereocenters. The van der Waals surface area contributed by atoms with E-state index < -0.39 is 17.4 Å². The fourth-order valence-electron chi connectivity index (χ4n) is 5.16. The summed E-state index contributed by atoms with van der Waals surface area (Å²) in [7, 11) is 0. The highest BCUT2D eigenvalue weighted by Crippen LogP contribution is 2.45. The fourth-order valence-corrected chi connectivity index (χ4v) is 5.16. The number of aliphatic carboxylic acids is 1. The van der Waals surface area contributed by atoms with E-state index in [1.54, 1.807) is 4.90 Å². The molecule has 150 valence electrons. The van der Waals surface area contributed by atoms with Crippen molar-refractivity contribution < 1.29 is 19.5 Å². The van der Waals surface area contributed by atoms with Gasteiger partial charge in [-0.2, -0.15) is 0 Å². The third-order valence-electron chi connectivity index (χ3n) is 6.37. The van der Waals surface area contributed by atoms with Crippen LogP contribution in [0.2, 0.25) is 0 Å². The minimum atomic E-state index is -0.820. The minimum absolute atomic E-state index is 0.104. The fraction of sp³-hybridized carbons (Fsp3) is 0.571. The van der Waals surface area contributed by atoms with Crippen LogP contribution in [0.1, 0.15) is 39.0 Å². The Morgan fingerprint density at radius 3 is 2.64 bits per heavy atom. The average Bonchev–Trinajstić information content (AvgIpc) is 3.12. The number of hydrogen-bond acceptors (Lipinski definition) is 4. The number of benzene rings is 1. The van der Waals surface area contributed by atoms with Crippen LogP contribution >= 0.6 is 0 Å². The van der Waals surface area contributed by atoms with E-state index in [4.69, 9.17) is 0 Å². The summed E-state index contributed by atoms with van der Waals surface area (Å²) in [5.74, 6) is -1.26. The number of carbonyl (C=O) groups excluding carboxylic acids is 2. The molecule has 2 atom stereocenters. The van der Waals surface area contributed by atoms with Crippen LogP contribution in [0.5, 0.6) is 0 Å². The monoisotopic (exact) mass is 385 g/mol. The molecule has 1 saturated carbocycles. The van der Waals surface area contributed by atoms with Crippen molar-refractivity contribution in [1.82, 2.24) is 4.90 Å². The van der Waals surface area contributed by atoms with Gasteiger partial charge in [0.15, 0.2) is 0 Å². The van der Waals surface area contributed by atoms with Crippen molar-refractivity contribution in [3.05, 3.63) is 24.3 Å². The van der Waals surface area contributed by atoms with E-state index >= 15 is 0 Å². The summed E-state index contributed by atoms with van der Waals surface area (Å²) in [5, 5.41) is 12.4. The number of nitrogens with one attached hydrogen (secondary N) is 1. The molecule has 0 aromatic heterocycles. The zero-order chi connectivity index (χ0) is 19.9. The Labute approximate surface area is 164 Å². The maximum atomic E-state index is 13.5. The summed E-state index contributed by atoms with van der Waals surface area (Å²) in [6, 6.07) is 7.42. The Kier molecular flexibility index (Phi) is 4.87. The van der Waals surface area contributed by atoms with Crippen LogP contribution in [0, 0.1) is 11.8 Å². The molecule has 1 aromatic carbocycles. The predicted molar refractivity (Wildman–Crippen MR) is 105 cm³/mol. The Bertz CT molecular complexity index is 803. The number of nitrogens with zero attached hydrogens (tertiary/aromatic N) is 2. The largest absolute Gasteiger partial charge is 0.481 e. The molecule has 7 nitrogen and oxygen atoms in total. The van der Waals surface area contributed by atoms with E-state index in [0.29, 0.717) is 38.0 Å². The SMILES string of the molecule is CC1CC(C(=O)O)CN(CC(=O)N2c3ccccc3NC(=O)C23CCCC3)C1. The van der Waals surface area contributed by atoms with Crippen molar-refractivity contribution in [2.75, 3.05) is 29.9 Å². The molecule has 4 rings (SSSR count). The second kappa shape index (κ2) is 7.20. The second-order valence-electron chi connectivity index (χ2n) is 8.51. The third kappa shape index (κ3) is 3.17. The molecule has 1 saturated heterocycles. The van der Waals surface area contributed by atoms with Crippen LogP contribution in [-0.2, 0) is 14.4 Å².